The van der Waals surface area contributed by atoms with E-state index in [0.29, 0.717) is 5.91 Å². The summed E-state index contributed by atoms with van der Waals surface area (Å²) in [4.78, 5) is 14.9. The molecule has 0 bridgehead atoms. The van der Waals surface area contributed by atoms with Gasteiger partial charge < -0.3 is 15.5 Å². The molecule has 0 radical (unpaired) electrons. The summed E-state index contributed by atoms with van der Waals surface area (Å²) >= 11 is 0. The highest BCUT2D eigenvalue weighted by Crippen LogP contribution is 2.26. The van der Waals surface area contributed by atoms with Crippen LogP contribution >= 0.6 is 0 Å². The van der Waals surface area contributed by atoms with Crippen LogP contribution in [0.25, 0.3) is 0 Å². The van der Waals surface area contributed by atoms with E-state index in [4.69, 9.17) is 0 Å². The lowest BCUT2D eigenvalue weighted by atomic mass is 9.98. The first-order chi connectivity index (χ1) is 10.3. The molecular formula is C17H25N3O. The summed E-state index contributed by atoms with van der Waals surface area (Å²) < 4.78 is 0. The van der Waals surface area contributed by atoms with Crippen LogP contribution in [0.3, 0.4) is 0 Å². The van der Waals surface area contributed by atoms with Crippen LogP contribution < -0.4 is 10.6 Å². The maximum absolute atomic E-state index is 12.8. The highest BCUT2D eigenvalue weighted by molar-refractivity contribution is 5.80. The van der Waals surface area contributed by atoms with Crippen molar-refractivity contribution in [3.05, 3.63) is 35.4 Å². The molecule has 114 valence electrons. The van der Waals surface area contributed by atoms with E-state index in [2.05, 4.69) is 46.7 Å². The number of carbonyl (C=O) groups is 1. The normalized spacial score (nSPS) is 26.0. The fraction of sp³-hybridized carbons (Fsp3) is 0.588. The first-order valence-electron chi connectivity index (χ1n) is 8.10. The first kappa shape index (κ1) is 14.5. The third kappa shape index (κ3) is 3.11. The first-order valence-corrected chi connectivity index (χ1v) is 8.10. The van der Waals surface area contributed by atoms with Crippen LogP contribution in [0.15, 0.2) is 24.3 Å². The van der Waals surface area contributed by atoms with Crippen LogP contribution in [0.4, 0.5) is 0 Å². The number of carbonyl (C=O) groups excluding carboxylic acids is 1. The Morgan fingerprint density at radius 3 is 2.62 bits per heavy atom. The van der Waals surface area contributed by atoms with E-state index < -0.39 is 0 Å². The largest absolute Gasteiger partial charge is 0.333 e. The number of nitrogens with zero attached hydrogens (tertiary/aromatic N) is 1. The highest BCUT2D eigenvalue weighted by Gasteiger charge is 2.33. The maximum Gasteiger partial charge on any atom is 0.227 e. The van der Waals surface area contributed by atoms with Gasteiger partial charge in [0, 0.05) is 26.2 Å². The van der Waals surface area contributed by atoms with Crippen molar-refractivity contribution in [2.75, 3.05) is 32.7 Å². The molecule has 2 saturated heterocycles. The number of hydrogen-bond acceptors (Lipinski definition) is 3. The quantitative estimate of drug-likeness (QED) is 0.881. The van der Waals surface area contributed by atoms with E-state index in [9.17, 15) is 4.79 Å². The molecule has 1 aromatic carbocycles. The molecule has 1 amide bonds. The summed E-state index contributed by atoms with van der Waals surface area (Å²) in [6, 6.07) is 8.92. The Labute approximate surface area is 126 Å². The number of piperazine rings is 1. The van der Waals surface area contributed by atoms with Crippen LogP contribution in [-0.4, -0.2) is 43.5 Å². The summed E-state index contributed by atoms with van der Waals surface area (Å²) in [5.41, 5.74) is 2.60. The summed E-state index contributed by atoms with van der Waals surface area (Å²) in [6.07, 6.45) is 2.03. The molecule has 2 heterocycles. The molecule has 2 unspecified atom stereocenters. The zero-order valence-electron chi connectivity index (χ0n) is 12.8. The second-order valence-electron chi connectivity index (χ2n) is 6.04. The molecule has 0 aliphatic carbocycles. The zero-order chi connectivity index (χ0) is 14.7. The predicted molar refractivity (Wildman–Crippen MR) is 84.1 cm³/mol. The van der Waals surface area contributed by atoms with Gasteiger partial charge in [0.25, 0.3) is 0 Å². The SMILES string of the molecule is CCc1ccc(C2CNCCN2C(=O)C2CCNC2)cc1. The smallest absolute Gasteiger partial charge is 0.227 e. The van der Waals surface area contributed by atoms with Crippen molar-refractivity contribution >= 4 is 5.91 Å². The molecule has 1 aromatic rings. The molecule has 0 spiro atoms. The third-order valence-corrected chi connectivity index (χ3v) is 4.71. The van der Waals surface area contributed by atoms with E-state index in [-0.39, 0.29) is 12.0 Å². The minimum atomic E-state index is 0.167. The van der Waals surface area contributed by atoms with Gasteiger partial charge in [0.2, 0.25) is 5.91 Å². The van der Waals surface area contributed by atoms with Crippen LogP contribution in [-0.2, 0) is 11.2 Å². The lowest BCUT2D eigenvalue weighted by Crippen LogP contribution is -2.50. The van der Waals surface area contributed by atoms with Gasteiger partial charge in [-0.2, -0.15) is 0 Å². The van der Waals surface area contributed by atoms with Gasteiger partial charge in [-0.05, 0) is 30.5 Å². The summed E-state index contributed by atoms with van der Waals surface area (Å²) in [5.74, 6) is 0.492. The van der Waals surface area contributed by atoms with Gasteiger partial charge in [0.15, 0.2) is 0 Å². The zero-order valence-corrected chi connectivity index (χ0v) is 12.8. The van der Waals surface area contributed by atoms with Gasteiger partial charge in [-0.1, -0.05) is 31.2 Å². The van der Waals surface area contributed by atoms with Crippen molar-refractivity contribution in [1.29, 1.82) is 0 Å². The Kier molecular flexibility index (Phi) is 4.56. The third-order valence-electron chi connectivity index (χ3n) is 4.71. The van der Waals surface area contributed by atoms with Gasteiger partial charge >= 0.3 is 0 Å². The summed E-state index contributed by atoms with van der Waals surface area (Å²) in [7, 11) is 0. The fourth-order valence-electron chi connectivity index (χ4n) is 3.34. The summed E-state index contributed by atoms with van der Waals surface area (Å²) in [5, 5.41) is 6.73. The number of benzene rings is 1. The number of aryl methyl sites for hydroxylation is 1. The van der Waals surface area contributed by atoms with Gasteiger partial charge in [-0.25, -0.2) is 0 Å². The standard InChI is InChI=1S/C17H25N3O/c1-2-13-3-5-14(6-4-13)16-12-19-9-10-20(16)17(21)15-7-8-18-11-15/h3-6,15-16,18-19H,2,7-12H2,1H3. The molecule has 0 aromatic heterocycles. The van der Waals surface area contributed by atoms with E-state index in [1.807, 2.05) is 0 Å². The molecular weight excluding hydrogens is 262 g/mol. The van der Waals surface area contributed by atoms with Crippen molar-refractivity contribution in [3.8, 4) is 0 Å². The fourth-order valence-corrected chi connectivity index (χ4v) is 3.34. The van der Waals surface area contributed by atoms with Gasteiger partial charge in [0.1, 0.15) is 0 Å². The number of amides is 1. The van der Waals surface area contributed by atoms with Crippen LogP contribution in [0.5, 0.6) is 0 Å². The molecule has 0 saturated carbocycles. The number of rotatable bonds is 3. The minimum absolute atomic E-state index is 0.167. The Morgan fingerprint density at radius 1 is 1.19 bits per heavy atom. The average molecular weight is 287 g/mol. The predicted octanol–water partition coefficient (Wildman–Crippen LogP) is 1.33. The number of hydrogen-bond donors (Lipinski definition) is 2. The Hall–Kier alpha value is -1.39. The molecule has 4 nitrogen and oxygen atoms in total. The molecule has 2 fully saturated rings. The second-order valence-corrected chi connectivity index (χ2v) is 6.04. The lowest BCUT2D eigenvalue weighted by Gasteiger charge is -2.38. The molecule has 21 heavy (non-hydrogen) atoms. The van der Waals surface area contributed by atoms with Gasteiger partial charge in [-0.3, -0.25) is 4.79 Å². The van der Waals surface area contributed by atoms with Gasteiger partial charge in [0.05, 0.1) is 12.0 Å². The van der Waals surface area contributed by atoms with E-state index in [0.717, 1.165) is 45.6 Å². The number of nitrogens with one attached hydrogen (secondary N) is 2. The van der Waals surface area contributed by atoms with E-state index >= 15 is 0 Å². The maximum atomic E-state index is 12.8. The van der Waals surface area contributed by atoms with Crippen molar-refractivity contribution in [1.82, 2.24) is 15.5 Å². The Morgan fingerprint density at radius 2 is 1.95 bits per heavy atom. The van der Waals surface area contributed by atoms with E-state index in [1.54, 1.807) is 0 Å². The molecule has 2 atom stereocenters. The molecule has 2 aliphatic rings. The Balaban J connectivity index is 1.78. The highest BCUT2D eigenvalue weighted by atomic mass is 16.2. The second kappa shape index (κ2) is 6.58. The Bertz CT molecular complexity index is 479. The van der Waals surface area contributed by atoms with Crippen molar-refractivity contribution in [2.24, 2.45) is 5.92 Å². The molecule has 3 rings (SSSR count). The topological polar surface area (TPSA) is 44.4 Å². The van der Waals surface area contributed by atoms with Crippen LogP contribution in [0.2, 0.25) is 0 Å². The van der Waals surface area contributed by atoms with Crippen LogP contribution in [0, 0.1) is 5.92 Å². The average Bonchev–Trinajstić information content (AvgIpc) is 3.09. The van der Waals surface area contributed by atoms with Crippen molar-refractivity contribution in [2.45, 2.75) is 25.8 Å². The van der Waals surface area contributed by atoms with E-state index in [1.165, 1.54) is 11.1 Å². The molecule has 2 N–H and O–H groups in total. The van der Waals surface area contributed by atoms with Crippen LogP contribution in [0.1, 0.15) is 30.5 Å². The monoisotopic (exact) mass is 287 g/mol. The van der Waals surface area contributed by atoms with Crippen molar-refractivity contribution in [3.63, 3.8) is 0 Å². The molecule has 2 aliphatic heterocycles. The minimum Gasteiger partial charge on any atom is -0.333 e. The summed E-state index contributed by atoms with van der Waals surface area (Å²) in [6.45, 7) is 6.55. The van der Waals surface area contributed by atoms with Crippen molar-refractivity contribution < 1.29 is 4.79 Å². The van der Waals surface area contributed by atoms with Gasteiger partial charge in [-0.15, -0.1) is 0 Å². The lowest BCUT2D eigenvalue weighted by molar-refractivity contribution is -0.138. The molecule has 4 heteroatoms.